The van der Waals surface area contributed by atoms with Gasteiger partial charge in [0.1, 0.15) is 0 Å². The molecule has 2 atom stereocenters. The van der Waals surface area contributed by atoms with Crippen LogP contribution in [0.5, 0.6) is 0 Å². The topological polar surface area (TPSA) is 35.5 Å². The van der Waals surface area contributed by atoms with Crippen molar-refractivity contribution in [3.05, 3.63) is 28.8 Å². The van der Waals surface area contributed by atoms with Gasteiger partial charge in [0.15, 0.2) is 0 Å². The normalized spacial score (nSPS) is 25.9. The molecule has 0 amide bonds. The maximum absolute atomic E-state index is 10.2. The fraction of sp³-hybridized carbons (Fsp3) is 0.647. The highest BCUT2D eigenvalue weighted by Gasteiger charge is 2.27. The third kappa shape index (κ3) is 3.71. The van der Waals surface area contributed by atoms with E-state index in [1.54, 1.807) is 0 Å². The Labute approximate surface area is 132 Å². The van der Waals surface area contributed by atoms with E-state index in [4.69, 9.17) is 11.6 Å². The molecule has 4 heteroatoms. The molecule has 2 aliphatic rings. The number of rotatable bonds is 5. The molecule has 116 valence electrons. The van der Waals surface area contributed by atoms with Gasteiger partial charge in [-0.1, -0.05) is 30.5 Å². The molecule has 0 heterocycles. The van der Waals surface area contributed by atoms with Gasteiger partial charge >= 0.3 is 0 Å². The van der Waals surface area contributed by atoms with Crippen molar-refractivity contribution in [2.24, 2.45) is 0 Å². The van der Waals surface area contributed by atoms with E-state index in [-0.39, 0.29) is 12.1 Å². The predicted molar refractivity (Wildman–Crippen MR) is 88.0 cm³/mol. The maximum atomic E-state index is 10.2. The van der Waals surface area contributed by atoms with Crippen LogP contribution in [0.3, 0.4) is 0 Å². The molecule has 3 nitrogen and oxygen atoms in total. The predicted octanol–water partition coefficient (Wildman–Crippen LogP) is 3.33. The molecule has 0 radical (unpaired) electrons. The van der Waals surface area contributed by atoms with Gasteiger partial charge in [-0.2, -0.15) is 0 Å². The summed E-state index contributed by atoms with van der Waals surface area (Å²) in [6.45, 7) is 0.847. The van der Waals surface area contributed by atoms with Crippen molar-refractivity contribution in [1.29, 1.82) is 0 Å². The average Bonchev–Trinajstić information content (AvgIpc) is 3.30. The molecule has 2 N–H and O–H groups in total. The summed E-state index contributed by atoms with van der Waals surface area (Å²) in [5.74, 6) is 0. The second kappa shape index (κ2) is 6.55. The first-order chi connectivity index (χ1) is 10.1. The van der Waals surface area contributed by atoms with E-state index >= 15 is 0 Å². The molecular formula is C17H25ClN2O. The molecule has 0 aliphatic heterocycles. The lowest BCUT2D eigenvalue weighted by atomic mass is 9.91. The second-order valence-corrected chi connectivity index (χ2v) is 6.87. The Morgan fingerprint density at radius 1 is 1.24 bits per heavy atom. The SMILES string of the molecule is CN(c1ccc(CNC2CC2)c(Cl)c1)C1CCCCC1O. The standard InChI is InChI=1S/C17H25ClN2O/c1-20(16-4-2-3-5-17(16)21)14-9-6-12(15(18)10-14)11-19-13-7-8-13/h6,9-10,13,16-17,19,21H,2-5,7-8,11H2,1H3. The van der Waals surface area contributed by atoms with E-state index in [1.807, 2.05) is 6.07 Å². The zero-order chi connectivity index (χ0) is 14.8. The van der Waals surface area contributed by atoms with E-state index < -0.39 is 0 Å². The Bertz CT molecular complexity index is 490. The summed E-state index contributed by atoms with van der Waals surface area (Å²) in [6, 6.07) is 7.17. The van der Waals surface area contributed by atoms with Crippen molar-refractivity contribution < 1.29 is 5.11 Å². The quantitative estimate of drug-likeness (QED) is 0.876. The number of nitrogens with zero attached hydrogens (tertiary/aromatic N) is 1. The highest BCUT2D eigenvalue weighted by Crippen LogP contribution is 2.30. The first-order valence-corrected chi connectivity index (χ1v) is 8.45. The lowest BCUT2D eigenvalue weighted by molar-refractivity contribution is 0.106. The first-order valence-electron chi connectivity index (χ1n) is 8.08. The van der Waals surface area contributed by atoms with Crippen LogP contribution < -0.4 is 10.2 Å². The van der Waals surface area contributed by atoms with Crippen LogP contribution in [0.15, 0.2) is 18.2 Å². The van der Waals surface area contributed by atoms with Gasteiger partial charge in [-0.15, -0.1) is 0 Å². The minimum absolute atomic E-state index is 0.213. The molecule has 1 aromatic carbocycles. The van der Waals surface area contributed by atoms with Gasteiger partial charge < -0.3 is 15.3 Å². The minimum Gasteiger partial charge on any atom is -0.391 e. The number of aliphatic hydroxyl groups excluding tert-OH is 1. The maximum Gasteiger partial charge on any atom is 0.0743 e. The van der Waals surface area contributed by atoms with Gasteiger partial charge in [-0.05, 0) is 43.4 Å². The van der Waals surface area contributed by atoms with Crippen LogP contribution in [0.2, 0.25) is 5.02 Å². The highest BCUT2D eigenvalue weighted by molar-refractivity contribution is 6.31. The van der Waals surface area contributed by atoms with E-state index in [0.29, 0.717) is 6.04 Å². The summed E-state index contributed by atoms with van der Waals surface area (Å²) in [4.78, 5) is 2.19. The summed E-state index contributed by atoms with van der Waals surface area (Å²) in [5.41, 5.74) is 2.26. The number of hydrogen-bond acceptors (Lipinski definition) is 3. The molecule has 3 rings (SSSR count). The summed E-state index contributed by atoms with van der Waals surface area (Å²) in [7, 11) is 2.06. The number of benzene rings is 1. The van der Waals surface area contributed by atoms with E-state index in [0.717, 1.165) is 42.1 Å². The van der Waals surface area contributed by atoms with Crippen LogP contribution in [0, 0.1) is 0 Å². The molecular weight excluding hydrogens is 284 g/mol. The molecule has 0 spiro atoms. The fourth-order valence-electron chi connectivity index (χ4n) is 3.18. The van der Waals surface area contributed by atoms with Crippen molar-refractivity contribution in [2.75, 3.05) is 11.9 Å². The van der Waals surface area contributed by atoms with Crippen LogP contribution in [-0.2, 0) is 6.54 Å². The van der Waals surface area contributed by atoms with Crippen molar-refractivity contribution in [1.82, 2.24) is 5.32 Å². The number of nitrogens with one attached hydrogen (secondary N) is 1. The van der Waals surface area contributed by atoms with Gasteiger partial charge in [0, 0.05) is 30.3 Å². The van der Waals surface area contributed by atoms with E-state index in [2.05, 4.69) is 29.4 Å². The second-order valence-electron chi connectivity index (χ2n) is 6.46. The van der Waals surface area contributed by atoms with Gasteiger partial charge in [0.25, 0.3) is 0 Å². The molecule has 0 aromatic heterocycles. The molecule has 2 unspecified atom stereocenters. The zero-order valence-electron chi connectivity index (χ0n) is 12.7. The fourth-order valence-corrected chi connectivity index (χ4v) is 3.42. The van der Waals surface area contributed by atoms with Crippen molar-refractivity contribution in [3.63, 3.8) is 0 Å². The van der Waals surface area contributed by atoms with Crippen LogP contribution >= 0.6 is 11.6 Å². The Morgan fingerprint density at radius 2 is 2.00 bits per heavy atom. The first kappa shape index (κ1) is 15.1. The summed E-state index contributed by atoms with van der Waals surface area (Å²) in [6.07, 6.45) is 6.66. The van der Waals surface area contributed by atoms with Crippen molar-refractivity contribution in [3.8, 4) is 0 Å². The number of aliphatic hydroxyl groups is 1. The molecule has 21 heavy (non-hydrogen) atoms. The Kier molecular flexibility index (Phi) is 4.72. The molecule has 2 saturated carbocycles. The Balaban J connectivity index is 1.67. The highest BCUT2D eigenvalue weighted by atomic mass is 35.5. The average molecular weight is 309 g/mol. The van der Waals surface area contributed by atoms with Gasteiger partial charge in [-0.3, -0.25) is 0 Å². The van der Waals surface area contributed by atoms with Crippen molar-refractivity contribution >= 4 is 17.3 Å². The number of hydrogen-bond donors (Lipinski definition) is 2. The van der Waals surface area contributed by atoms with Gasteiger partial charge in [0.05, 0.1) is 12.1 Å². The summed E-state index contributed by atoms with van der Waals surface area (Å²) >= 11 is 6.42. The minimum atomic E-state index is -0.223. The molecule has 1 aromatic rings. The molecule has 2 fully saturated rings. The Morgan fingerprint density at radius 3 is 2.67 bits per heavy atom. The number of likely N-dealkylation sites (N-methyl/N-ethyl adjacent to an activating group) is 1. The largest absolute Gasteiger partial charge is 0.391 e. The number of halogens is 1. The monoisotopic (exact) mass is 308 g/mol. The molecule has 0 bridgehead atoms. The Hall–Kier alpha value is -0.770. The smallest absolute Gasteiger partial charge is 0.0743 e. The molecule has 0 saturated heterocycles. The summed E-state index contributed by atoms with van der Waals surface area (Å²) in [5, 5.41) is 14.5. The van der Waals surface area contributed by atoms with Crippen LogP contribution in [-0.4, -0.2) is 30.3 Å². The van der Waals surface area contributed by atoms with E-state index in [9.17, 15) is 5.11 Å². The third-order valence-corrected chi connectivity index (χ3v) is 5.15. The van der Waals surface area contributed by atoms with E-state index in [1.165, 1.54) is 19.3 Å². The van der Waals surface area contributed by atoms with Crippen LogP contribution in [0.1, 0.15) is 44.1 Å². The zero-order valence-corrected chi connectivity index (χ0v) is 13.4. The van der Waals surface area contributed by atoms with Crippen LogP contribution in [0.25, 0.3) is 0 Å². The summed E-state index contributed by atoms with van der Waals surface area (Å²) < 4.78 is 0. The van der Waals surface area contributed by atoms with Gasteiger partial charge in [-0.25, -0.2) is 0 Å². The number of anilines is 1. The van der Waals surface area contributed by atoms with Gasteiger partial charge in [0.2, 0.25) is 0 Å². The van der Waals surface area contributed by atoms with Crippen LogP contribution in [0.4, 0.5) is 5.69 Å². The lowest BCUT2D eigenvalue weighted by Gasteiger charge is -2.36. The lowest BCUT2D eigenvalue weighted by Crippen LogP contribution is -2.43. The third-order valence-electron chi connectivity index (χ3n) is 4.79. The molecule has 2 aliphatic carbocycles. The van der Waals surface area contributed by atoms with Crippen molar-refractivity contribution in [2.45, 2.75) is 63.3 Å².